The Labute approximate surface area is 77.2 Å². The molecule has 0 aliphatic heterocycles. The van der Waals surface area contributed by atoms with Gasteiger partial charge in [-0.05, 0) is 24.1 Å². The first kappa shape index (κ1) is 8.10. The highest BCUT2D eigenvalue weighted by molar-refractivity contribution is 5.85. The number of nitrogen functional groups attached to an aromatic ring is 1. The second-order valence-corrected chi connectivity index (χ2v) is 3.24. The molecule has 3 heteroatoms. The van der Waals surface area contributed by atoms with Crippen molar-refractivity contribution in [1.29, 1.82) is 0 Å². The van der Waals surface area contributed by atoms with Gasteiger partial charge in [-0.25, -0.2) is 0 Å². The van der Waals surface area contributed by atoms with Crippen LogP contribution in [-0.4, -0.2) is 9.78 Å². The minimum Gasteiger partial charge on any atom is -0.399 e. The second-order valence-electron chi connectivity index (χ2n) is 3.24. The number of rotatable bonds is 1. The highest BCUT2D eigenvalue weighted by atomic mass is 15.2. The zero-order valence-electron chi connectivity index (χ0n) is 7.91. The fourth-order valence-electron chi connectivity index (χ4n) is 1.71. The zero-order valence-corrected chi connectivity index (χ0v) is 7.91. The van der Waals surface area contributed by atoms with E-state index in [-0.39, 0.29) is 0 Å². The summed E-state index contributed by atoms with van der Waals surface area (Å²) in [5.74, 6) is 0. The number of anilines is 1. The number of benzene rings is 1. The number of hydrogen-bond donors (Lipinski definition) is 1. The quantitative estimate of drug-likeness (QED) is 0.670. The number of aromatic nitrogens is 2. The third kappa shape index (κ3) is 1.16. The van der Waals surface area contributed by atoms with Crippen molar-refractivity contribution in [1.82, 2.24) is 9.78 Å². The average Bonchev–Trinajstić information content (AvgIpc) is 2.46. The normalized spacial score (nSPS) is 10.9. The van der Waals surface area contributed by atoms with Gasteiger partial charge in [0.2, 0.25) is 0 Å². The van der Waals surface area contributed by atoms with Gasteiger partial charge in [-0.2, -0.15) is 5.10 Å². The van der Waals surface area contributed by atoms with Gasteiger partial charge in [-0.3, -0.25) is 4.68 Å². The van der Waals surface area contributed by atoms with Crippen molar-refractivity contribution < 1.29 is 0 Å². The molecule has 0 aliphatic rings. The monoisotopic (exact) mass is 175 g/mol. The van der Waals surface area contributed by atoms with E-state index in [4.69, 9.17) is 5.73 Å². The lowest BCUT2D eigenvalue weighted by molar-refractivity contribution is 0.792. The van der Waals surface area contributed by atoms with Gasteiger partial charge < -0.3 is 5.73 Å². The molecule has 68 valence electrons. The Kier molecular flexibility index (Phi) is 1.72. The molecule has 2 N–H and O–H groups in total. The predicted octanol–water partition coefficient (Wildman–Crippen LogP) is 1.72. The van der Waals surface area contributed by atoms with Crippen molar-refractivity contribution in [2.45, 2.75) is 13.3 Å². The average molecular weight is 175 g/mol. The first-order valence-electron chi connectivity index (χ1n) is 4.42. The molecule has 0 aliphatic carbocycles. The van der Waals surface area contributed by atoms with Gasteiger partial charge in [0.05, 0.1) is 11.7 Å². The van der Waals surface area contributed by atoms with Crippen molar-refractivity contribution in [3.8, 4) is 0 Å². The first-order valence-corrected chi connectivity index (χ1v) is 4.42. The van der Waals surface area contributed by atoms with Crippen LogP contribution in [0.25, 0.3) is 10.9 Å². The van der Waals surface area contributed by atoms with E-state index in [0.717, 1.165) is 17.5 Å². The highest BCUT2D eigenvalue weighted by Crippen LogP contribution is 2.21. The van der Waals surface area contributed by atoms with E-state index in [1.165, 1.54) is 11.1 Å². The van der Waals surface area contributed by atoms with Crippen molar-refractivity contribution >= 4 is 16.6 Å². The smallest absolute Gasteiger partial charge is 0.0712 e. The van der Waals surface area contributed by atoms with E-state index in [0.29, 0.717) is 0 Å². The molecule has 0 spiro atoms. The summed E-state index contributed by atoms with van der Waals surface area (Å²) in [6.45, 7) is 2.13. The maximum atomic E-state index is 5.77. The van der Waals surface area contributed by atoms with Gasteiger partial charge in [-0.1, -0.05) is 6.92 Å². The fourth-order valence-corrected chi connectivity index (χ4v) is 1.71. The molecule has 0 bridgehead atoms. The summed E-state index contributed by atoms with van der Waals surface area (Å²) in [4.78, 5) is 0. The predicted molar refractivity (Wildman–Crippen MR) is 54.5 cm³/mol. The Morgan fingerprint density at radius 3 is 2.92 bits per heavy atom. The summed E-state index contributed by atoms with van der Waals surface area (Å²) >= 11 is 0. The van der Waals surface area contributed by atoms with Crippen LogP contribution in [0, 0.1) is 0 Å². The number of nitrogens with zero attached hydrogens (tertiary/aromatic N) is 2. The molecule has 0 atom stereocenters. The third-order valence-corrected chi connectivity index (χ3v) is 2.32. The molecule has 0 radical (unpaired) electrons. The maximum Gasteiger partial charge on any atom is 0.0712 e. The van der Waals surface area contributed by atoms with Gasteiger partial charge in [-0.15, -0.1) is 0 Å². The van der Waals surface area contributed by atoms with Gasteiger partial charge in [0.15, 0.2) is 0 Å². The summed E-state index contributed by atoms with van der Waals surface area (Å²) < 4.78 is 1.90. The van der Waals surface area contributed by atoms with Crippen molar-refractivity contribution in [2.75, 3.05) is 5.73 Å². The topological polar surface area (TPSA) is 43.8 Å². The number of hydrogen-bond acceptors (Lipinski definition) is 2. The molecule has 1 heterocycles. The molecule has 0 unspecified atom stereocenters. The van der Waals surface area contributed by atoms with Crippen LogP contribution in [0.2, 0.25) is 0 Å². The van der Waals surface area contributed by atoms with E-state index >= 15 is 0 Å². The van der Waals surface area contributed by atoms with Crippen LogP contribution in [0.4, 0.5) is 5.69 Å². The summed E-state index contributed by atoms with van der Waals surface area (Å²) in [5.41, 5.74) is 9.04. The molecule has 0 saturated carbocycles. The van der Waals surface area contributed by atoms with E-state index in [1.807, 2.05) is 30.1 Å². The molecule has 2 rings (SSSR count). The van der Waals surface area contributed by atoms with Crippen LogP contribution in [0.15, 0.2) is 18.3 Å². The van der Waals surface area contributed by atoms with Crippen LogP contribution in [0.3, 0.4) is 0 Å². The lowest BCUT2D eigenvalue weighted by atomic mass is 10.1. The molecule has 2 aromatic rings. The molecule has 0 amide bonds. The Balaban J connectivity index is 2.85. The van der Waals surface area contributed by atoms with Gasteiger partial charge in [0.25, 0.3) is 0 Å². The lowest BCUT2D eigenvalue weighted by Crippen LogP contribution is -1.95. The van der Waals surface area contributed by atoms with Crippen LogP contribution in [-0.2, 0) is 13.5 Å². The minimum atomic E-state index is 0.817. The Hall–Kier alpha value is -1.51. The summed E-state index contributed by atoms with van der Waals surface area (Å²) in [7, 11) is 1.96. The van der Waals surface area contributed by atoms with Crippen molar-refractivity contribution in [3.63, 3.8) is 0 Å². The molecular weight excluding hydrogens is 162 g/mol. The number of fused-ring (bicyclic) bond motifs is 1. The van der Waals surface area contributed by atoms with E-state index in [9.17, 15) is 0 Å². The van der Waals surface area contributed by atoms with Crippen molar-refractivity contribution in [2.24, 2.45) is 7.05 Å². The Morgan fingerprint density at radius 2 is 2.23 bits per heavy atom. The summed E-state index contributed by atoms with van der Waals surface area (Å²) in [6.07, 6.45) is 2.84. The molecule has 3 nitrogen and oxygen atoms in total. The Morgan fingerprint density at radius 1 is 1.46 bits per heavy atom. The van der Waals surface area contributed by atoms with Gasteiger partial charge >= 0.3 is 0 Å². The summed E-state index contributed by atoms with van der Waals surface area (Å²) in [6, 6.07) is 3.98. The van der Waals surface area contributed by atoms with Crippen molar-refractivity contribution in [3.05, 3.63) is 23.9 Å². The van der Waals surface area contributed by atoms with Gasteiger partial charge in [0.1, 0.15) is 0 Å². The molecule has 13 heavy (non-hydrogen) atoms. The summed E-state index contributed by atoms with van der Waals surface area (Å²) in [5, 5.41) is 5.33. The Bertz CT molecular complexity index is 443. The van der Waals surface area contributed by atoms with Crippen LogP contribution in [0.5, 0.6) is 0 Å². The lowest BCUT2D eigenvalue weighted by Gasteiger charge is -2.03. The minimum absolute atomic E-state index is 0.817. The third-order valence-electron chi connectivity index (χ3n) is 2.32. The maximum absolute atomic E-state index is 5.77. The van der Waals surface area contributed by atoms with E-state index < -0.39 is 0 Å². The second kappa shape index (κ2) is 2.76. The number of aryl methyl sites for hydroxylation is 2. The van der Waals surface area contributed by atoms with Gasteiger partial charge in [0, 0.05) is 18.1 Å². The fraction of sp³-hybridized carbons (Fsp3) is 0.300. The standard InChI is InChI=1S/C10H13N3/c1-3-7-4-9(11)5-8-6-12-13(2)10(7)8/h4-6H,3,11H2,1-2H3. The zero-order chi connectivity index (χ0) is 9.42. The number of nitrogens with two attached hydrogens (primary N) is 1. The highest BCUT2D eigenvalue weighted by Gasteiger charge is 2.05. The molecule has 1 aromatic carbocycles. The van der Waals surface area contributed by atoms with Crippen LogP contribution < -0.4 is 5.73 Å². The molecule has 0 fully saturated rings. The van der Waals surface area contributed by atoms with E-state index in [2.05, 4.69) is 12.0 Å². The van der Waals surface area contributed by atoms with Crippen LogP contribution >= 0.6 is 0 Å². The largest absolute Gasteiger partial charge is 0.399 e. The van der Waals surface area contributed by atoms with E-state index in [1.54, 1.807) is 0 Å². The molecule has 1 aromatic heterocycles. The molecular formula is C10H13N3. The SMILES string of the molecule is CCc1cc(N)cc2cnn(C)c12. The molecule has 0 saturated heterocycles. The van der Waals surface area contributed by atoms with Crippen LogP contribution in [0.1, 0.15) is 12.5 Å². The first-order chi connectivity index (χ1) is 6.22.